The van der Waals surface area contributed by atoms with Gasteiger partial charge in [0.05, 0.1) is 5.69 Å². The number of hydrogen-bond donors (Lipinski definition) is 1. The topological polar surface area (TPSA) is 88.2 Å². The maximum absolute atomic E-state index is 13.2. The lowest BCUT2D eigenvalue weighted by Crippen LogP contribution is -2.39. The third kappa shape index (κ3) is 4.06. The molecule has 1 amide bonds. The SMILES string of the molecule is NC(=O)[C@@H]1CC(C(=O)Oc2ccc(N3CCCC3)cc2)=NN1c1ccc(F)cc1. The van der Waals surface area contributed by atoms with Gasteiger partial charge < -0.3 is 15.4 Å². The molecule has 1 atom stereocenters. The highest BCUT2D eigenvalue weighted by Crippen LogP contribution is 2.26. The van der Waals surface area contributed by atoms with Crippen molar-refractivity contribution in [3.8, 4) is 5.75 Å². The van der Waals surface area contributed by atoms with Gasteiger partial charge in [-0.3, -0.25) is 9.80 Å². The average molecular weight is 396 g/mol. The van der Waals surface area contributed by atoms with Crippen LogP contribution in [-0.2, 0) is 9.59 Å². The van der Waals surface area contributed by atoms with E-state index < -0.39 is 23.7 Å². The molecule has 0 aliphatic carbocycles. The fourth-order valence-electron chi connectivity index (χ4n) is 3.55. The summed E-state index contributed by atoms with van der Waals surface area (Å²) < 4.78 is 18.6. The molecule has 2 aromatic rings. The first-order valence-electron chi connectivity index (χ1n) is 9.50. The van der Waals surface area contributed by atoms with Gasteiger partial charge in [-0.1, -0.05) is 0 Å². The van der Waals surface area contributed by atoms with Crippen molar-refractivity contribution in [3.63, 3.8) is 0 Å². The van der Waals surface area contributed by atoms with E-state index in [4.69, 9.17) is 10.5 Å². The molecule has 0 saturated carbocycles. The van der Waals surface area contributed by atoms with E-state index >= 15 is 0 Å². The van der Waals surface area contributed by atoms with Gasteiger partial charge >= 0.3 is 5.97 Å². The molecule has 2 heterocycles. The highest BCUT2D eigenvalue weighted by atomic mass is 19.1. The summed E-state index contributed by atoms with van der Waals surface area (Å²) in [4.78, 5) is 26.7. The number of ether oxygens (including phenoxy) is 1. The van der Waals surface area contributed by atoms with Gasteiger partial charge in [-0.25, -0.2) is 9.18 Å². The first kappa shape index (κ1) is 18.9. The molecule has 2 aromatic carbocycles. The summed E-state index contributed by atoms with van der Waals surface area (Å²) in [5.74, 6) is -1.29. The van der Waals surface area contributed by atoms with E-state index in [1.165, 1.54) is 42.1 Å². The van der Waals surface area contributed by atoms with E-state index in [0.29, 0.717) is 11.4 Å². The van der Waals surface area contributed by atoms with Crippen LogP contribution in [0.1, 0.15) is 19.3 Å². The number of hydrazone groups is 1. The van der Waals surface area contributed by atoms with E-state index in [2.05, 4.69) is 10.0 Å². The summed E-state index contributed by atoms with van der Waals surface area (Å²) in [5.41, 5.74) is 7.11. The highest BCUT2D eigenvalue weighted by Gasteiger charge is 2.36. The number of carbonyl (C=O) groups is 2. The summed E-state index contributed by atoms with van der Waals surface area (Å²) in [6.07, 6.45) is 2.39. The molecule has 0 aromatic heterocycles. The minimum absolute atomic E-state index is 0.0252. The molecule has 1 saturated heterocycles. The Balaban J connectivity index is 1.48. The normalized spacial score (nSPS) is 18.7. The molecule has 7 nitrogen and oxygen atoms in total. The van der Waals surface area contributed by atoms with Crippen molar-refractivity contribution in [3.05, 3.63) is 54.3 Å². The maximum atomic E-state index is 13.2. The fraction of sp³-hybridized carbons (Fsp3) is 0.286. The Kier molecular flexibility index (Phi) is 5.16. The molecule has 2 aliphatic heterocycles. The van der Waals surface area contributed by atoms with Crippen LogP contribution in [0.15, 0.2) is 53.6 Å². The van der Waals surface area contributed by atoms with Gasteiger partial charge in [0.25, 0.3) is 0 Å². The Morgan fingerprint density at radius 1 is 1.00 bits per heavy atom. The number of nitrogens with zero attached hydrogens (tertiary/aromatic N) is 3. The molecular weight excluding hydrogens is 375 g/mol. The zero-order valence-corrected chi connectivity index (χ0v) is 15.8. The smallest absolute Gasteiger partial charge is 0.359 e. The van der Waals surface area contributed by atoms with Crippen LogP contribution in [0, 0.1) is 5.82 Å². The largest absolute Gasteiger partial charge is 0.422 e. The molecule has 8 heteroatoms. The van der Waals surface area contributed by atoms with Gasteiger partial charge in [-0.05, 0) is 61.4 Å². The first-order valence-corrected chi connectivity index (χ1v) is 9.50. The van der Waals surface area contributed by atoms with E-state index in [9.17, 15) is 14.0 Å². The highest BCUT2D eigenvalue weighted by molar-refractivity contribution is 6.38. The van der Waals surface area contributed by atoms with Crippen molar-refractivity contribution in [1.29, 1.82) is 0 Å². The van der Waals surface area contributed by atoms with Crippen LogP contribution in [0.2, 0.25) is 0 Å². The van der Waals surface area contributed by atoms with Crippen LogP contribution in [0.5, 0.6) is 5.75 Å². The number of halogens is 1. The van der Waals surface area contributed by atoms with Crippen LogP contribution >= 0.6 is 0 Å². The van der Waals surface area contributed by atoms with Gasteiger partial charge in [0.1, 0.15) is 23.3 Å². The van der Waals surface area contributed by atoms with Crippen LogP contribution in [0.4, 0.5) is 15.8 Å². The number of esters is 1. The van der Waals surface area contributed by atoms with Crippen molar-refractivity contribution in [1.82, 2.24) is 0 Å². The van der Waals surface area contributed by atoms with E-state index in [1.807, 2.05) is 12.1 Å². The standard InChI is InChI=1S/C21H21FN4O3/c22-14-3-5-16(6-4-14)26-19(20(23)27)13-18(24-26)21(28)29-17-9-7-15(8-10-17)25-11-1-2-12-25/h3-10,19H,1-2,11-13H2,(H2,23,27)/t19-/m0/s1. The van der Waals surface area contributed by atoms with E-state index in [1.54, 1.807) is 12.1 Å². The molecule has 4 rings (SSSR count). The molecule has 150 valence electrons. The number of benzene rings is 2. The van der Waals surface area contributed by atoms with Crippen LogP contribution in [0.25, 0.3) is 0 Å². The number of carbonyl (C=O) groups excluding carboxylic acids is 2. The number of nitrogens with two attached hydrogens (primary N) is 1. The molecule has 2 N–H and O–H groups in total. The monoisotopic (exact) mass is 396 g/mol. The minimum atomic E-state index is -0.833. The predicted molar refractivity (Wildman–Crippen MR) is 107 cm³/mol. The van der Waals surface area contributed by atoms with Gasteiger partial charge in [-0.15, -0.1) is 0 Å². The van der Waals surface area contributed by atoms with Crippen molar-refractivity contribution in [2.45, 2.75) is 25.3 Å². The Morgan fingerprint density at radius 3 is 2.24 bits per heavy atom. The quantitative estimate of drug-likeness (QED) is 0.620. The predicted octanol–water partition coefficient (Wildman–Crippen LogP) is 2.45. The molecule has 29 heavy (non-hydrogen) atoms. The lowest BCUT2D eigenvalue weighted by molar-refractivity contribution is -0.127. The third-order valence-electron chi connectivity index (χ3n) is 5.08. The average Bonchev–Trinajstić information content (AvgIpc) is 3.39. The fourth-order valence-corrected chi connectivity index (χ4v) is 3.55. The number of amides is 1. The number of anilines is 2. The molecule has 1 fully saturated rings. The van der Waals surface area contributed by atoms with Crippen LogP contribution in [-0.4, -0.2) is 36.7 Å². The van der Waals surface area contributed by atoms with E-state index in [0.717, 1.165) is 18.8 Å². The second-order valence-corrected chi connectivity index (χ2v) is 7.07. The Hall–Kier alpha value is -3.42. The first-order chi connectivity index (χ1) is 14.0. The summed E-state index contributed by atoms with van der Waals surface area (Å²) in [5, 5.41) is 5.54. The Morgan fingerprint density at radius 2 is 1.62 bits per heavy atom. The van der Waals surface area contributed by atoms with Crippen LogP contribution < -0.4 is 20.4 Å². The van der Waals surface area contributed by atoms with Crippen LogP contribution in [0.3, 0.4) is 0 Å². The molecule has 0 unspecified atom stereocenters. The van der Waals surface area contributed by atoms with E-state index in [-0.39, 0.29) is 12.1 Å². The van der Waals surface area contributed by atoms with Gasteiger partial charge in [0.2, 0.25) is 5.91 Å². The zero-order valence-electron chi connectivity index (χ0n) is 15.8. The lowest BCUT2D eigenvalue weighted by Gasteiger charge is -2.20. The van der Waals surface area contributed by atoms with Gasteiger partial charge in [-0.2, -0.15) is 5.10 Å². The third-order valence-corrected chi connectivity index (χ3v) is 5.08. The second-order valence-electron chi connectivity index (χ2n) is 7.07. The molecule has 0 radical (unpaired) electrons. The number of rotatable bonds is 5. The maximum Gasteiger partial charge on any atom is 0.359 e. The van der Waals surface area contributed by atoms with Crippen molar-refractivity contribution in [2.24, 2.45) is 10.8 Å². The molecule has 0 bridgehead atoms. The van der Waals surface area contributed by atoms with Gasteiger partial charge in [0.15, 0.2) is 0 Å². The lowest BCUT2D eigenvalue weighted by atomic mass is 10.1. The van der Waals surface area contributed by atoms with Crippen molar-refractivity contribution < 1.29 is 18.7 Å². The molecule has 0 spiro atoms. The number of hydrogen-bond acceptors (Lipinski definition) is 6. The van der Waals surface area contributed by atoms with Crippen molar-refractivity contribution in [2.75, 3.05) is 23.0 Å². The second kappa shape index (κ2) is 7.90. The Labute approximate surface area is 167 Å². The Bertz CT molecular complexity index is 937. The summed E-state index contributed by atoms with van der Waals surface area (Å²) in [7, 11) is 0. The summed E-state index contributed by atoms with van der Waals surface area (Å²) in [6, 6.07) is 11.9. The molecule has 2 aliphatic rings. The zero-order chi connectivity index (χ0) is 20.4. The van der Waals surface area contributed by atoms with Gasteiger partial charge in [0, 0.05) is 25.2 Å². The molecular formula is C21H21FN4O3. The van der Waals surface area contributed by atoms with Crippen molar-refractivity contribution >= 4 is 29.0 Å². The summed E-state index contributed by atoms with van der Waals surface area (Å²) >= 11 is 0. The minimum Gasteiger partial charge on any atom is -0.422 e. The summed E-state index contributed by atoms with van der Waals surface area (Å²) in [6.45, 7) is 2.06. The number of primary amides is 1.